The molecule has 3 nitrogen and oxygen atoms in total. The summed E-state index contributed by atoms with van der Waals surface area (Å²) >= 11 is 0. The van der Waals surface area contributed by atoms with E-state index in [2.05, 4.69) is 6.58 Å². The van der Waals surface area contributed by atoms with E-state index in [1.54, 1.807) is 24.8 Å². The van der Waals surface area contributed by atoms with Gasteiger partial charge in [-0.1, -0.05) is 6.08 Å². The molecule has 0 aliphatic heterocycles. The number of carbonyl (C=O) groups excluding carboxylic acids is 1. The molecule has 0 unspecified atom stereocenters. The zero-order valence-electron chi connectivity index (χ0n) is 8.13. The van der Waals surface area contributed by atoms with Crippen LogP contribution in [0.5, 0.6) is 0 Å². The molecule has 0 aromatic carbocycles. The minimum atomic E-state index is -0.779. The highest BCUT2D eigenvalue weighted by Gasteiger charge is 2.25. The Morgan fingerprint density at radius 2 is 2.17 bits per heavy atom. The monoisotopic (exact) mass is 170 g/mol. The van der Waals surface area contributed by atoms with Gasteiger partial charge >= 0.3 is 0 Å². The summed E-state index contributed by atoms with van der Waals surface area (Å²) in [5, 5.41) is 0. The van der Waals surface area contributed by atoms with E-state index in [1.807, 2.05) is 6.92 Å². The fourth-order valence-electron chi connectivity index (χ4n) is 0.919. The molecule has 0 fully saturated rings. The molecule has 3 heteroatoms. The number of nitrogens with two attached hydrogens (primary N) is 1. The van der Waals surface area contributed by atoms with Crippen molar-refractivity contribution in [1.29, 1.82) is 0 Å². The zero-order chi connectivity index (χ0) is 9.78. The van der Waals surface area contributed by atoms with E-state index in [-0.39, 0.29) is 5.91 Å². The van der Waals surface area contributed by atoms with Gasteiger partial charge in [0.05, 0.1) is 5.54 Å². The minimum absolute atomic E-state index is 0.0371. The van der Waals surface area contributed by atoms with E-state index >= 15 is 0 Å². The van der Waals surface area contributed by atoms with Crippen LogP contribution in [0.1, 0.15) is 20.8 Å². The van der Waals surface area contributed by atoms with Gasteiger partial charge in [0.1, 0.15) is 0 Å². The summed E-state index contributed by atoms with van der Waals surface area (Å²) in [5.41, 5.74) is 4.88. The number of hydrogen-bond acceptors (Lipinski definition) is 2. The maximum atomic E-state index is 11.5. The van der Waals surface area contributed by atoms with Crippen LogP contribution in [-0.2, 0) is 4.79 Å². The molecular formula is C9H18N2O. The quantitative estimate of drug-likeness (QED) is 0.633. The van der Waals surface area contributed by atoms with E-state index in [0.717, 1.165) is 0 Å². The fraction of sp³-hybridized carbons (Fsp3) is 0.667. The molecule has 0 atom stereocenters. The first-order chi connectivity index (χ1) is 5.43. The Morgan fingerprint density at radius 3 is 2.42 bits per heavy atom. The van der Waals surface area contributed by atoms with Crippen LogP contribution in [0.15, 0.2) is 12.7 Å². The van der Waals surface area contributed by atoms with Crippen LogP contribution in [0.2, 0.25) is 0 Å². The Balaban J connectivity index is 4.31. The minimum Gasteiger partial charge on any atom is -0.338 e. The van der Waals surface area contributed by atoms with Crippen LogP contribution in [0.3, 0.4) is 0 Å². The van der Waals surface area contributed by atoms with Crippen LogP contribution in [-0.4, -0.2) is 29.4 Å². The molecule has 0 heterocycles. The number of likely N-dealkylation sites (N-methyl/N-ethyl adjacent to an activating group) is 1. The molecular weight excluding hydrogens is 152 g/mol. The van der Waals surface area contributed by atoms with Crippen molar-refractivity contribution >= 4 is 5.91 Å². The molecule has 1 amide bonds. The molecule has 0 radical (unpaired) electrons. The molecule has 2 N–H and O–H groups in total. The van der Waals surface area contributed by atoms with E-state index in [9.17, 15) is 4.79 Å². The Bertz CT molecular complexity index is 170. The lowest BCUT2D eigenvalue weighted by Gasteiger charge is -2.27. The summed E-state index contributed by atoms with van der Waals surface area (Å²) in [7, 11) is 0. The Morgan fingerprint density at radius 1 is 1.67 bits per heavy atom. The number of nitrogens with zero attached hydrogens (tertiary/aromatic N) is 1. The van der Waals surface area contributed by atoms with Crippen molar-refractivity contribution in [3.63, 3.8) is 0 Å². The summed E-state index contributed by atoms with van der Waals surface area (Å²) < 4.78 is 0. The highest BCUT2D eigenvalue weighted by Crippen LogP contribution is 2.03. The SMILES string of the molecule is C=CCN(CC)C(=O)C(C)(C)N. The van der Waals surface area contributed by atoms with Gasteiger partial charge in [-0.3, -0.25) is 4.79 Å². The summed E-state index contributed by atoms with van der Waals surface area (Å²) in [6.07, 6.45) is 1.70. The van der Waals surface area contributed by atoms with Gasteiger partial charge < -0.3 is 10.6 Å². The van der Waals surface area contributed by atoms with Crippen molar-refractivity contribution in [2.75, 3.05) is 13.1 Å². The molecule has 70 valence electrons. The van der Waals surface area contributed by atoms with Gasteiger partial charge in [-0.25, -0.2) is 0 Å². The third kappa shape index (κ3) is 3.05. The highest BCUT2D eigenvalue weighted by molar-refractivity contribution is 5.85. The van der Waals surface area contributed by atoms with Crippen LogP contribution >= 0.6 is 0 Å². The van der Waals surface area contributed by atoms with Gasteiger partial charge in [0.15, 0.2) is 0 Å². The first-order valence-corrected chi connectivity index (χ1v) is 4.12. The largest absolute Gasteiger partial charge is 0.338 e. The standard InChI is InChI=1S/C9H18N2O/c1-5-7-11(6-2)8(12)9(3,4)10/h5H,1,6-7,10H2,2-4H3. The highest BCUT2D eigenvalue weighted by atomic mass is 16.2. The Kier molecular flexibility index (Phi) is 3.96. The molecule has 0 saturated carbocycles. The lowest BCUT2D eigenvalue weighted by molar-refractivity contribution is -0.135. The third-order valence-corrected chi connectivity index (χ3v) is 1.57. The second-order valence-corrected chi connectivity index (χ2v) is 3.35. The van der Waals surface area contributed by atoms with Crippen LogP contribution in [0.25, 0.3) is 0 Å². The van der Waals surface area contributed by atoms with Gasteiger partial charge in [-0.15, -0.1) is 6.58 Å². The lowest BCUT2D eigenvalue weighted by atomic mass is 10.1. The van der Waals surface area contributed by atoms with Crippen molar-refractivity contribution in [3.8, 4) is 0 Å². The molecule has 12 heavy (non-hydrogen) atoms. The average Bonchev–Trinajstić information content (AvgIpc) is 1.97. The number of carbonyl (C=O) groups is 1. The third-order valence-electron chi connectivity index (χ3n) is 1.57. The van der Waals surface area contributed by atoms with Crippen molar-refractivity contribution in [2.45, 2.75) is 26.3 Å². The van der Waals surface area contributed by atoms with Crippen molar-refractivity contribution in [2.24, 2.45) is 5.73 Å². The molecule has 0 bridgehead atoms. The fourth-order valence-corrected chi connectivity index (χ4v) is 0.919. The first-order valence-electron chi connectivity index (χ1n) is 4.12. The van der Waals surface area contributed by atoms with Crippen molar-refractivity contribution < 1.29 is 4.79 Å². The second kappa shape index (κ2) is 4.26. The molecule has 0 aliphatic carbocycles. The van der Waals surface area contributed by atoms with E-state index in [4.69, 9.17) is 5.73 Å². The molecule has 0 rings (SSSR count). The summed E-state index contributed by atoms with van der Waals surface area (Å²) in [6, 6.07) is 0. The molecule has 0 aromatic rings. The molecule has 0 saturated heterocycles. The summed E-state index contributed by atoms with van der Waals surface area (Å²) in [5.74, 6) is -0.0371. The Labute approximate surface area is 74.2 Å². The number of amides is 1. The van der Waals surface area contributed by atoms with E-state index in [0.29, 0.717) is 13.1 Å². The first kappa shape index (κ1) is 11.2. The van der Waals surface area contributed by atoms with Gasteiger partial charge in [-0.05, 0) is 20.8 Å². The zero-order valence-corrected chi connectivity index (χ0v) is 8.13. The average molecular weight is 170 g/mol. The molecule has 0 aromatic heterocycles. The number of rotatable bonds is 4. The number of hydrogen-bond donors (Lipinski definition) is 1. The van der Waals surface area contributed by atoms with Gasteiger partial charge in [0.2, 0.25) is 5.91 Å². The summed E-state index contributed by atoms with van der Waals surface area (Å²) in [4.78, 5) is 13.2. The van der Waals surface area contributed by atoms with E-state index in [1.165, 1.54) is 0 Å². The van der Waals surface area contributed by atoms with Crippen LogP contribution in [0.4, 0.5) is 0 Å². The van der Waals surface area contributed by atoms with Crippen LogP contribution in [0, 0.1) is 0 Å². The molecule has 0 aliphatic rings. The van der Waals surface area contributed by atoms with Gasteiger partial charge in [0, 0.05) is 13.1 Å². The Hall–Kier alpha value is -0.830. The lowest BCUT2D eigenvalue weighted by Crippen LogP contribution is -2.51. The van der Waals surface area contributed by atoms with Gasteiger partial charge in [-0.2, -0.15) is 0 Å². The van der Waals surface area contributed by atoms with Crippen LogP contribution < -0.4 is 5.73 Å². The topological polar surface area (TPSA) is 46.3 Å². The molecule has 0 spiro atoms. The second-order valence-electron chi connectivity index (χ2n) is 3.35. The van der Waals surface area contributed by atoms with Gasteiger partial charge in [0.25, 0.3) is 0 Å². The van der Waals surface area contributed by atoms with Crippen molar-refractivity contribution in [1.82, 2.24) is 4.90 Å². The van der Waals surface area contributed by atoms with Crippen molar-refractivity contribution in [3.05, 3.63) is 12.7 Å². The maximum absolute atomic E-state index is 11.5. The predicted molar refractivity (Wildman–Crippen MR) is 50.7 cm³/mol. The van der Waals surface area contributed by atoms with E-state index < -0.39 is 5.54 Å². The smallest absolute Gasteiger partial charge is 0.242 e. The maximum Gasteiger partial charge on any atom is 0.242 e. The predicted octanol–water partition coefficient (Wildman–Crippen LogP) is 0.758. The normalized spacial score (nSPS) is 11.0. The summed E-state index contributed by atoms with van der Waals surface area (Å²) in [6.45, 7) is 10.2.